The van der Waals surface area contributed by atoms with Crippen molar-refractivity contribution in [3.05, 3.63) is 46.4 Å². The van der Waals surface area contributed by atoms with Crippen molar-refractivity contribution in [2.24, 2.45) is 0 Å². The Morgan fingerprint density at radius 1 is 1.37 bits per heavy atom. The van der Waals surface area contributed by atoms with Crippen molar-refractivity contribution >= 4 is 12.0 Å². The molecule has 0 radical (unpaired) electrons. The number of hydrogen-bond acceptors (Lipinski definition) is 2. The Bertz CT molecular complexity index is 596. The summed E-state index contributed by atoms with van der Waals surface area (Å²) in [5.74, 6) is -1.59. The van der Waals surface area contributed by atoms with Gasteiger partial charge < -0.3 is 15.7 Å². The number of carboxylic acid groups (broad SMARTS) is 1. The van der Waals surface area contributed by atoms with E-state index in [1.54, 1.807) is 13.0 Å². The van der Waals surface area contributed by atoms with Gasteiger partial charge in [-0.3, -0.25) is 0 Å². The van der Waals surface area contributed by atoms with E-state index in [2.05, 4.69) is 10.6 Å². The number of benzene rings is 1. The maximum Gasteiger partial charge on any atom is 0.335 e. The average Bonchev–Trinajstić information content (AvgIpc) is 2.31. The van der Waals surface area contributed by atoms with E-state index in [9.17, 15) is 19.1 Å². The minimum absolute atomic E-state index is 0.00769. The Labute approximate surface area is 109 Å². The molecule has 0 spiro atoms. The summed E-state index contributed by atoms with van der Waals surface area (Å²) in [5.41, 5.74) is 1.02. The predicted molar refractivity (Wildman–Crippen MR) is 65.9 cm³/mol. The molecule has 5 nitrogen and oxygen atoms in total. The standard InChI is InChI=1S/C13H13FN2O3/c1-6-8(4-3-5-9(6)14)11-10(12(17)18)7(2)15-13(19)16-11/h3-5,11H,1-2H3,(H,17,18)(H2,15,16,19). The Balaban J connectivity index is 2.58. The molecule has 0 aliphatic carbocycles. The second kappa shape index (κ2) is 4.72. The van der Waals surface area contributed by atoms with Crippen LogP contribution in [-0.2, 0) is 4.79 Å². The van der Waals surface area contributed by atoms with Gasteiger partial charge in [-0.05, 0) is 31.0 Å². The second-order valence-corrected chi connectivity index (χ2v) is 4.33. The van der Waals surface area contributed by atoms with Gasteiger partial charge in [0.15, 0.2) is 0 Å². The van der Waals surface area contributed by atoms with E-state index in [4.69, 9.17) is 0 Å². The van der Waals surface area contributed by atoms with Gasteiger partial charge in [-0.1, -0.05) is 12.1 Å². The number of rotatable bonds is 2. The SMILES string of the molecule is CC1=C(C(=O)O)C(c2cccc(F)c2C)NC(=O)N1. The molecule has 2 amide bonds. The first-order valence-electron chi connectivity index (χ1n) is 5.68. The van der Waals surface area contributed by atoms with Crippen molar-refractivity contribution in [3.8, 4) is 0 Å². The van der Waals surface area contributed by atoms with Crippen LogP contribution in [0.25, 0.3) is 0 Å². The van der Waals surface area contributed by atoms with Crippen LogP contribution in [0.15, 0.2) is 29.5 Å². The van der Waals surface area contributed by atoms with Gasteiger partial charge in [-0.15, -0.1) is 0 Å². The van der Waals surface area contributed by atoms with Crippen molar-refractivity contribution in [2.75, 3.05) is 0 Å². The highest BCUT2D eigenvalue weighted by molar-refractivity contribution is 5.93. The van der Waals surface area contributed by atoms with Crippen LogP contribution in [0.1, 0.15) is 24.1 Å². The lowest BCUT2D eigenvalue weighted by molar-refractivity contribution is -0.133. The number of hydrogen-bond donors (Lipinski definition) is 3. The van der Waals surface area contributed by atoms with Gasteiger partial charge in [-0.2, -0.15) is 0 Å². The molecule has 0 fully saturated rings. The van der Waals surface area contributed by atoms with Gasteiger partial charge in [0.1, 0.15) is 5.82 Å². The third-order valence-electron chi connectivity index (χ3n) is 3.12. The Kier molecular flexibility index (Phi) is 3.25. The van der Waals surface area contributed by atoms with E-state index in [1.807, 2.05) is 0 Å². The molecule has 3 N–H and O–H groups in total. The fourth-order valence-corrected chi connectivity index (χ4v) is 2.15. The van der Waals surface area contributed by atoms with Gasteiger partial charge in [0.25, 0.3) is 0 Å². The molecule has 0 saturated heterocycles. The lowest BCUT2D eigenvalue weighted by atomic mass is 9.92. The summed E-state index contributed by atoms with van der Waals surface area (Å²) in [5, 5.41) is 14.2. The zero-order valence-corrected chi connectivity index (χ0v) is 10.5. The first-order chi connectivity index (χ1) is 8.91. The van der Waals surface area contributed by atoms with Crippen LogP contribution in [0.4, 0.5) is 9.18 Å². The number of allylic oxidation sites excluding steroid dienone is 1. The highest BCUT2D eigenvalue weighted by Crippen LogP contribution is 2.29. The Morgan fingerprint density at radius 2 is 2.05 bits per heavy atom. The summed E-state index contributed by atoms with van der Waals surface area (Å²) in [4.78, 5) is 22.8. The first kappa shape index (κ1) is 13.1. The fourth-order valence-electron chi connectivity index (χ4n) is 2.15. The van der Waals surface area contributed by atoms with Crippen LogP contribution >= 0.6 is 0 Å². The van der Waals surface area contributed by atoms with Gasteiger partial charge in [0, 0.05) is 5.70 Å². The quantitative estimate of drug-likeness (QED) is 0.762. The molecule has 1 heterocycles. The number of aliphatic carboxylic acids is 1. The van der Waals surface area contributed by atoms with Crippen molar-refractivity contribution < 1.29 is 19.1 Å². The van der Waals surface area contributed by atoms with Crippen LogP contribution in [0, 0.1) is 12.7 Å². The van der Waals surface area contributed by atoms with E-state index in [-0.39, 0.29) is 11.3 Å². The molecule has 0 saturated carbocycles. The molecular weight excluding hydrogens is 251 g/mol. The molecule has 1 atom stereocenters. The van der Waals surface area contributed by atoms with Crippen LogP contribution < -0.4 is 10.6 Å². The van der Waals surface area contributed by atoms with E-state index in [1.165, 1.54) is 19.1 Å². The molecule has 0 bridgehead atoms. The largest absolute Gasteiger partial charge is 0.478 e. The molecule has 1 aromatic rings. The van der Waals surface area contributed by atoms with E-state index < -0.39 is 23.9 Å². The zero-order chi connectivity index (χ0) is 14.2. The molecule has 1 aliphatic heterocycles. The highest BCUT2D eigenvalue weighted by Gasteiger charge is 2.32. The van der Waals surface area contributed by atoms with E-state index in [0.29, 0.717) is 11.1 Å². The van der Waals surface area contributed by atoms with Gasteiger partial charge >= 0.3 is 12.0 Å². The van der Waals surface area contributed by atoms with Crippen LogP contribution in [0.2, 0.25) is 0 Å². The molecule has 6 heteroatoms. The lowest BCUT2D eigenvalue weighted by Crippen LogP contribution is -2.45. The number of halogens is 1. The highest BCUT2D eigenvalue weighted by atomic mass is 19.1. The number of carbonyl (C=O) groups excluding carboxylic acids is 1. The maximum absolute atomic E-state index is 13.6. The molecule has 1 aromatic carbocycles. The van der Waals surface area contributed by atoms with Crippen molar-refractivity contribution in [2.45, 2.75) is 19.9 Å². The lowest BCUT2D eigenvalue weighted by Gasteiger charge is -2.28. The van der Waals surface area contributed by atoms with Crippen LogP contribution in [0.3, 0.4) is 0 Å². The summed E-state index contributed by atoms with van der Waals surface area (Å²) >= 11 is 0. The normalized spacial score (nSPS) is 18.9. The average molecular weight is 264 g/mol. The Morgan fingerprint density at radius 3 is 2.68 bits per heavy atom. The number of urea groups is 1. The van der Waals surface area contributed by atoms with Crippen molar-refractivity contribution in [3.63, 3.8) is 0 Å². The van der Waals surface area contributed by atoms with Crippen LogP contribution in [0.5, 0.6) is 0 Å². The first-order valence-corrected chi connectivity index (χ1v) is 5.68. The minimum atomic E-state index is -1.15. The molecule has 1 unspecified atom stereocenters. The molecule has 1 aliphatic rings. The zero-order valence-electron chi connectivity index (χ0n) is 10.5. The van der Waals surface area contributed by atoms with Gasteiger partial charge in [-0.25, -0.2) is 14.0 Å². The molecule has 19 heavy (non-hydrogen) atoms. The number of carbonyl (C=O) groups is 2. The van der Waals surface area contributed by atoms with Crippen molar-refractivity contribution in [1.29, 1.82) is 0 Å². The molecule has 0 aromatic heterocycles. The predicted octanol–water partition coefficient (Wildman–Crippen LogP) is 1.85. The van der Waals surface area contributed by atoms with Crippen molar-refractivity contribution in [1.82, 2.24) is 10.6 Å². The smallest absolute Gasteiger partial charge is 0.335 e. The number of nitrogens with one attached hydrogen (secondary N) is 2. The number of carboxylic acids is 1. The molecular formula is C13H13FN2O3. The fraction of sp³-hybridized carbons (Fsp3) is 0.231. The monoisotopic (exact) mass is 264 g/mol. The van der Waals surface area contributed by atoms with Gasteiger partial charge in [0.2, 0.25) is 0 Å². The minimum Gasteiger partial charge on any atom is -0.478 e. The third-order valence-corrected chi connectivity index (χ3v) is 3.12. The van der Waals surface area contributed by atoms with Crippen LogP contribution in [-0.4, -0.2) is 17.1 Å². The van der Waals surface area contributed by atoms with Gasteiger partial charge in [0.05, 0.1) is 11.6 Å². The molecule has 100 valence electrons. The summed E-state index contributed by atoms with van der Waals surface area (Å²) < 4.78 is 13.6. The van der Waals surface area contributed by atoms with E-state index in [0.717, 1.165) is 0 Å². The topological polar surface area (TPSA) is 78.4 Å². The summed E-state index contributed by atoms with van der Waals surface area (Å²) in [7, 11) is 0. The second-order valence-electron chi connectivity index (χ2n) is 4.33. The number of amides is 2. The molecule has 2 rings (SSSR count). The summed E-state index contributed by atoms with van der Waals surface area (Å²) in [6.45, 7) is 3.05. The third kappa shape index (κ3) is 2.29. The maximum atomic E-state index is 13.6. The Hall–Kier alpha value is -2.37. The summed E-state index contributed by atoms with van der Waals surface area (Å²) in [6, 6.07) is 3.02. The van der Waals surface area contributed by atoms with E-state index >= 15 is 0 Å². The summed E-state index contributed by atoms with van der Waals surface area (Å²) in [6.07, 6.45) is 0.